The van der Waals surface area contributed by atoms with Crippen molar-refractivity contribution < 1.29 is 16.6 Å². The zero-order chi connectivity index (χ0) is 16.1. The molecule has 0 aromatic heterocycles. The molecule has 0 heterocycles. The van der Waals surface area contributed by atoms with Gasteiger partial charge in [0.2, 0.25) is 0 Å². The van der Waals surface area contributed by atoms with Crippen LogP contribution in [0.4, 0.5) is 0 Å². The summed E-state index contributed by atoms with van der Waals surface area (Å²) >= 11 is 6.01. The molecule has 0 aromatic carbocycles. The molecule has 0 aromatic rings. The summed E-state index contributed by atoms with van der Waals surface area (Å²) in [5.74, 6) is 1.67. The molecule has 0 saturated carbocycles. The van der Waals surface area contributed by atoms with Gasteiger partial charge in [0.05, 0.1) is 0 Å². The molecule has 2 atom stereocenters. The van der Waals surface area contributed by atoms with Crippen LogP contribution in [0.1, 0.15) is 79.1 Å². The van der Waals surface area contributed by atoms with Crippen LogP contribution in [0.25, 0.3) is 0 Å². The van der Waals surface area contributed by atoms with E-state index in [9.17, 15) is 0 Å². The van der Waals surface area contributed by atoms with Gasteiger partial charge in [-0.1, -0.05) is 0 Å². The van der Waals surface area contributed by atoms with E-state index in [2.05, 4.69) is 32.6 Å². The molecular weight excluding hydrogens is 348 g/mol. The standard InChI is InChI=1S/C17H35NS2.Zn/c1-5-9-11-15(7-3)13-18(17(19)20)14-16(8-4)12-10-6-2;/h15-16H,5-14H2,1-4H3,(H,19,20);. The van der Waals surface area contributed by atoms with Gasteiger partial charge in [-0.2, -0.15) is 0 Å². The summed E-state index contributed by atoms with van der Waals surface area (Å²) < 4.78 is 1.26. The van der Waals surface area contributed by atoms with Gasteiger partial charge in [-0.05, 0) is 0 Å². The molecular formula is C17H35NS2Zn. The average Bonchev–Trinajstić information content (AvgIpc) is 2.52. The van der Waals surface area contributed by atoms with Crippen molar-refractivity contribution in [1.29, 1.82) is 0 Å². The van der Waals surface area contributed by atoms with Gasteiger partial charge in [0.1, 0.15) is 0 Å². The molecule has 0 fully saturated rings. The second kappa shape index (κ2) is 14.6. The Kier molecular flexibility index (Phi) is 15.3. The van der Waals surface area contributed by atoms with Crippen molar-refractivity contribution in [1.82, 2.24) is 4.90 Å². The van der Waals surface area contributed by atoms with Crippen molar-refractivity contribution in [3.63, 3.8) is 0 Å². The fourth-order valence-corrected chi connectivity index (χ4v) is 4.42. The molecule has 0 bridgehead atoms. The van der Waals surface area contributed by atoms with Gasteiger partial charge in [-0.3, -0.25) is 0 Å². The molecule has 0 aliphatic heterocycles. The van der Waals surface area contributed by atoms with Gasteiger partial charge in [0, 0.05) is 0 Å². The molecule has 0 N–H and O–H groups in total. The van der Waals surface area contributed by atoms with Gasteiger partial charge in [0.15, 0.2) is 0 Å². The first kappa shape index (κ1) is 22.0. The van der Waals surface area contributed by atoms with Crippen LogP contribution in [0, 0.1) is 11.8 Å². The van der Waals surface area contributed by atoms with Gasteiger partial charge in [-0.25, -0.2) is 0 Å². The topological polar surface area (TPSA) is 3.24 Å². The van der Waals surface area contributed by atoms with E-state index in [0.717, 1.165) is 11.8 Å². The predicted molar refractivity (Wildman–Crippen MR) is 99.8 cm³/mol. The first-order valence-corrected chi connectivity index (χ1v) is 13.9. The van der Waals surface area contributed by atoms with E-state index in [1.807, 2.05) is 8.84 Å². The van der Waals surface area contributed by atoms with Crippen molar-refractivity contribution in [3.05, 3.63) is 0 Å². The van der Waals surface area contributed by atoms with Crippen molar-refractivity contribution >= 4 is 25.8 Å². The minimum atomic E-state index is 0.836. The number of hydrogen-bond donors (Lipinski definition) is 1. The van der Waals surface area contributed by atoms with Crippen molar-refractivity contribution in [2.75, 3.05) is 13.1 Å². The first-order valence-electron chi connectivity index (χ1n) is 8.85. The maximum atomic E-state index is 4.77. The summed E-state index contributed by atoms with van der Waals surface area (Å²) in [5.41, 5.74) is 0. The first-order chi connectivity index (χ1) is 10.1. The normalized spacial score (nSPS) is 14.3. The SMILES string of the molecule is CCCCC(CC)CN(CC(CC)CCCC)C(S)=[S]=[Zn]. The third-order valence-corrected chi connectivity index (χ3v) is 8.88. The molecule has 0 saturated heterocycles. The van der Waals surface area contributed by atoms with E-state index >= 15 is 0 Å². The Morgan fingerprint density at radius 2 is 1.38 bits per heavy atom. The molecule has 0 aliphatic carbocycles. The average molecular weight is 383 g/mol. The number of hydrogen-bond acceptors (Lipinski definition) is 0. The molecule has 4 heteroatoms. The Labute approximate surface area is 150 Å². The van der Waals surface area contributed by atoms with Crippen LogP contribution in [0.3, 0.4) is 0 Å². The Morgan fingerprint density at radius 3 is 1.67 bits per heavy atom. The number of rotatable bonds is 12. The van der Waals surface area contributed by atoms with Crippen LogP contribution in [0.15, 0.2) is 0 Å². The van der Waals surface area contributed by atoms with Crippen LogP contribution in [0.2, 0.25) is 0 Å². The van der Waals surface area contributed by atoms with E-state index in [1.54, 1.807) is 0 Å². The molecule has 0 spiro atoms. The molecule has 1 nitrogen and oxygen atoms in total. The van der Waals surface area contributed by atoms with Crippen molar-refractivity contribution in [2.24, 2.45) is 11.8 Å². The number of thiol groups is 1. The van der Waals surface area contributed by atoms with Gasteiger partial charge in [-0.15, -0.1) is 0 Å². The summed E-state index contributed by atoms with van der Waals surface area (Å²) in [6.45, 7) is 11.7. The Balaban J connectivity index is 4.66. The molecule has 0 amide bonds. The second-order valence-electron chi connectivity index (χ2n) is 6.16. The van der Waals surface area contributed by atoms with Crippen LogP contribution >= 0.6 is 21.5 Å². The number of nitrogens with zero attached hydrogens (tertiary/aromatic N) is 1. The number of unbranched alkanes of at least 4 members (excludes halogenated alkanes) is 2. The van der Waals surface area contributed by atoms with Crippen LogP contribution in [0.5, 0.6) is 0 Å². The quantitative estimate of drug-likeness (QED) is 0.248. The van der Waals surface area contributed by atoms with Crippen molar-refractivity contribution in [2.45, 2.75) is 79.1 Å². The molecule has 0 aliphatic rings. The summed E-state index contributed by atoms with van der Waals surface area (Å²) in [6.07, 6.45) is 10.7. The molecule has 21 heavy (non-hydrogen) atoms. The zero-order valence-corrected chi connectivity index (χ0v) is 19.4. The molecule has 0 radical (unpaired) electrons. The Hall–Kier alpha value is 1.02. The fraction of sp³-hybridized carbons (Fsp3) is 0.941. The zero-order valence-electron chi connectivity index (χ0n) is 14.7. The van der Waals surface area contributed by atoms with Crippen LogP contribution in [-0.2, 0) is 16.6 Å². The van der Waals surface area contributed by atoms with E-state index in [1.165, 1.54) is 85.3 Å². The summed E-state index contributed by atoms with van der Waals surface area (Å²) in [7, 11) is 1.92. The van der Waals surface area contributed by atoms with Gasteiger partial charge in [0.25, 0.3) is 0 Å². The molecule has 0 rings (SSSR count). The van der Waals surface area contributed by atoms with Gasteiger partial charge >= 0.3 is 151 Å². The van der Waals surface area contributed by atoms with Gasteiger partial charge < -0.3 is 0 Å². The van der Waals surface area contributed by atoms with E-state index in [0.29, 0.717) is 0 Å². The Bertz CT molecular complexity index is 285. The third kappa shape index (κ3) is 10.4. The van der Waals surface area contributed by atoms with Crippen LogP contribution in [-0.4, -0.2) is 22.3 Å². The van der Waals surface area contributed by atoms with E-state index in [4.69, 9.17) is 12.6 Å². The van der Waals surface area contributed by atoms with E-state index in [-0.39, 0.29) is 0 Å². The summed E-state index contributed by atoms with van der Waals surface area (Å²) in [4.78, 5) is 2.59. The van der Waals surface area contributed by atoms with Crippen molar-refractivity contribution in [3.8, 4) is 0 Å². The third-order valence-electron chi connectivity index (χ3n) is 4.44. The fourth-order valence-electron chi connectivity index (χ4n) is 2.78. The maximum absolute atomic E-state index is 4.77. The van der Waals surface area contributed by atoms with E-state index < -0.39 is 0 Å². The summed E-state index contributed by atoms with van der Waals surface area (Å²) in [5, 5.41) is 0. The molecule has 2 unspecified atom stereocenters. The van der Waals surface area contributed by atoms with Crippen LogP contribution < -0.4 is 0 Å². The summed E-state index contributed by atoms with van der Waals surface area (Å²) in [6, 6.07) is 0. The predicted octanol–water partition coefficient (Wildman–Crippen LogP) is 5.93. The Morgan fingerprint density at radius 1 is 0.952 bits per heavy atom. The molecule has 122 valence electrons. The minimum absolute atomic E-state index is 0.836. The monoisotopic (exact) mass is 381 g/mol. The second-order valence-corrected chi connectivity index (χ2v) is 9.38.